The highest BCUT2D eigenvalue weighted by Gasteiger charge is 2.59. The van der Waals surface area contributed by atoms with Crippen molar-refractivity contribution in [3.8, 4) is 5.75 Å². The van der Waals surface area contributed by atoms with E-state index in [1.165, 1.54) is 11.6 Å². The molecule has 0 fully saturated rings. The number of anilines is 1. The summed E-state index contributed by atoms with van der Waals surface area (Å²) in [5.74, 6) is 0.647. The van der Waals surface area contributed by atoms with Gasteiger partial charge in [-0.2, -0.15) is 0 Å². The Kier molecular flexibility index (Phi) is 3.18. The second-order valence-electron chi connectivity index (χ2n) is 7.89. The molecule has 0 bridgehead atoms. The lowest BCUT2D eigenvalue weighted by Crippen LogP contribution is -2.58. The number of aromatic nitrogens is 1. The van der Waals surface area contributed by atoms with E-state index in [9.17, 15) is 10.1 Å². The number of nitrogens with one attached hydrogen (secondary N) is 1. The van der Waals surface area contributed by atoms with E-state index >= 15 is 0 Å². The molecule has 140 valence electrons. The molecule has 1 spiro atoms. The molecule has 0 aliphatic carbocycles. The van der Waals surface area contributed by atoms with Gasteiger partial charge in [-0.1, -0.05) is 6.07 Å². The van der Waals surface area contributed by atoms with Crippen molar-refractivity contribution in [3.05, 3.63) is 76.0 Å². The predicted molar refractivity (Wildman–Crippen MR) is 107 cm³/mol. The van der Waals surface area contributed by atoms with Crippen LogP contribution in [0.25, 0.3) is 17.0 Å². The van der Waals surface area contributed by atoms with Crippen LogP contribution in [0.3, 0.4) is 0 Å². The van der Waals surface area contributed by atoms with Gasteiger partial charge in [-0.25, -0.2) is 4.98 Å². The number of nitro benzene ring substituents is 1. The molecule has 1 unspecified atom stereocenters. The number of pyridine rings is 1. The van der Waals surface area contributed by atoms with Crippen molar-refractivity contribution < 1.29 is 14.6 Å². The number of aromatic amines is 1. The summed E-state index contributed by atoms with van der Waals surface area (Å²) in [6.07, 6.45) is 5.89. The maximum absolute atomic E-state index is 11.1. The maximum atomic E-state index is 11.1. The lowest BCUT2D eigenvalue weighted by molar-refractivity contribution is -0.384. The van der Waals surface area contributed by atoms with Gasteiger partial charge in [0.2, 0.25) is 11.2 Å². The molecular weight excluding hydrogens is 354 g/mol. The average molecular weight is 374 g/mol. The Morgan fingerprint density at radius 2 is 2.00 bits per heavy atom. The molecule has 6 nitrogen and oxygen atoms in total. The van der Waals surface area contributed by atoms with Crippen LogP contribution in [0.1, 0.15) is 25.0 Å². The highest BCUT2D eigenvalue weighted by atomic mass is 16.6. The number of fused-ring (bicyclic) bond motifs is 4. The van der Waals surface area contributed by atoms with E-state index in [-0.39, 0.29) is 16.0 Å². The first-order valence-electron chi connectivity index (χ1n) is 9.19. The van der Waals surface area contributed by atoms with E-state index in [1.807, 2.05) is 31.5 Å². The highest BCUT2D eigenvalue weighted by molar-refractivity contribution is 5.93. The Hall–Kier alpha value is -3.41. The summed E-state index contributed by atoms with van der Waals surface area (Å²) in [5.41, 5.74) is 3.08. The number of non-ortho nitro benzene ring substituents is 1. The molecule has 2 aromatic carbocycles. The standard InChI is InChI=1S/C22H19N3O3/c1-21(2)17-8-6-14-5-4-12-23-19(14)20(17)24(3)22(21)11-10-15-13-16(25(26)27)7-9-18(15)28-22/h4-13H,1-3H3/p+1. The Morgan fingerprint density at radius 3 is 2.79 bits per heavy atom. The van der Waals surface area contributed by atoms with E-state index < -0.39 is 5.72 Å². The normalized spacial score (nSPS) is 21.5. The molecule has 0 radical (unpaired) electrons. The fourth-order valence-electron chi connectivity index (χ4n) is 4.60. The number of H-pyrrole nitrogens is 1. The summed E-state index contributed by atoms with van der Waals surface area (Å²) in [5, 5.41) is 12.2. The number of hydrogen-bond donors (Lipinski definition) is 0. The van der Waals surface area contributed by atoms with Crippen LogP contribution in [-0.2, 0) is 5.41 Å². The number of hydrogen-bond acceptors (Lipinski definition) is 4. The lowest BCUT2D eigenvalue weighted by atomic mass is 9.76. The predicted octanol–water partition coefficient (Wildman–Crippen LogP) is 4.09. The van der Waals surface area contributed by atoms with Gasteiger partial charge in [0.05, 0.1) is 10.3 Å². The third-order valence-electron chi connectivity index (χ3n) is 6.17. The number of ether oxygens (including phenoxy) is 1. The molecule has 0 saturated carbocycles. The van der Waals surface area contributed by atoms with Gasteiger partial charge < -0.3 is 9.64 Å². The molecule has 3 aromatic rings. The average Bonchev–Trinajstić information content (AvgIpc) is 2.86. The third-order valence-corrected chi connectivity index (χ3v) is 6.17. The van der Waals surface area contributed by atoms with Gasteiger partial charge in [0.1, 0.15) is 11.4 Å². The van der Waals surface area contributed by atoms with Gasteiger partial charge in [0.15, 0.2) is 6.20 Å². The minimum Gasteiger partial charge on any atom is -0.463 e. The first kappa shape index (κ1) is 16.7. The molecule has 1 N–H and O–H groups in total. The van der Waals surface area contributed by atoms with Gasteiger partial charge in [0, 0.05) is 36.2 Å². The van der Waals surface area contributed by atoms with Crippen LogP contribution in [0.4, 0.5) is 11.4 Å². The van der Waals surface area contributed by atoms with E-state index in [0.29, 0.717) is 5.75 Å². The Morgan fingerprint density at radius 1 is 1.18 bits per heavy atom. The second kappa shape index (κ2) is 5.32. The SMILES string of the molecule is CN1c2c(ccc3ccc[nH+]c23)C(C)(C)C12C=Cc1cc([N+](=O)[O-])ccc1O2. The molecule has 2 aliphatic heterocycles. The minimum absolute atomic E-state index is 0.0610. The number of rotatable bonds is 1. The Balaban J connectivity index is 1.70. The number of benzene rings is 2. The van der Waals surface area contributed by atoms with Crippen LogP contribution in [-0.4, -0.2) is 17.7 Å². The van der Waals surface area contributed by atoms with E-state index in [4.69, 9.17) is 4.74 Å². The first-order valence-corrected chi connectivity index (χ1v) is 9.19. The van der Waals surface area contributed by atoms with Gasteiger partial charge >= 0.3 is 0 Å². The fourth-order valence-corrected chi connectivity index (χ4v) is 4.60. The second-order valence-corrected chi connectivity index (χ2v) is 7.89. The molecular formula is C22H20N3O3+. The van der Waals surface area contributed by atoms with Crippen molar-refractivity contribution in [2.24, 2.45) is 0 Å². The van der Waals surface area contributed by atoms with E-state index in [1.54, 1.807) is 12.1 Å². The maximum Gasteiger partial charge on any atom is 0.270 e. The van der Waals surface area contributed by atoms with Crippen LogP contribution in [0.5, 0.6) is 5.75 Å². The van der Waals surface area contributed by atoms with Gasteiger partial charge in [-0.3, -0.25) is 10.1 Å². The molecule has 3 heterocycles. The minimum atomic E-state index is -0.726. The Bertz CT molecular complexity index is 1180. The van der Waals surface area contributed by atoms with Crippen molar-refractivity contribution in [3.63, 3.8) is 0 Å². The largest absolute Gasteiger partial charge is 0.463 e. The van der Waals surface area contributed by atoms with Gasteiger partial charge in [-0.15, -0.1) is 0 Å². The first-order chi connectivity index (χ1) is 13.3. The number of nitrogens with zero attached hydrogens (tertiary/aromatic N) is 2. The summed E-state index contributed by atoms with van der Waals surface area (Å²) < 4.78 is 6.58. The molecule has 0 saturated heterocycles. The monoisotopic (exact) mass is 374 g/mol. The molecule has 0 amide bonds. The van der Waals surface area contributed by atoms with Crippen molar-refractivity contribution in [2.45, 2.75) is 25.0 Å². The van der Waals surface area contributed by atoms with Crippen LogP contribution in [0.2, 0.25) is 0 Å². The van der Waals surface area contributed by atoms with E-state index in [0.717, 1.165) is 22.2 Å². The third kappa shape index (κ3) is 1.94. The molecule has 2 aliphatic rings. The zero-order valence-corrected chi connectivity index (χ0v) is 15.9. The van der Waals surface area contributed by atoms with Crippen molar-refractivity contribution >= 4 is 28.4 Å². The van der Waals surface area contributed by atoms with Crippen LogP contribution in [0, 0.1) is 10.1 Å². The molecule has 1 atom stereocenters. The summed E-state index contributed by atoms with van der Waals surface area (Å²) >= 11 is 0. The highest BCUT2D eigenvalue weighted by Crippen LogP contribution is 2.55. The molecule has 28 heavy (non-hydrogen) atoms. The number of nitro groups is 1. The smallest absolute Gasteiger partial charge is 0.270 e. The molecule has 5 rings (SSSR count). The summed E-state index contributed by atoms with van der Waals surface area (Å²) in [6.45, 7) is 4.34. The summed E-state index contributed by atoms with van der Waals surface area (Å²) in [7, 11) is 2.04. The topological polar surface area (TPSA) is 69.8 Å². The van der Waals surface area contributed by atoms with Gasteiger partial charge in [0.25, 0.3) is 5.69 Å². The molecule has 6 heteroatoms. The summed E-state index contributed by atoms with van der Waals surface area (Å²) in [4.78, 5) is 16.3. The zero-order valence-electron chi connectivity index (χ0n) is 15.9. The van der Waals surface area contributed by atoms with Crippen molar-refractivity contribution in [1.29, 1.82) is 0 Å². The summed E-state index contributed by atoms with van der Waals surface area (Å²) in [6, 6.07) is 13.1. The van der Waals surface area contributed by atoms with Gasteiger partial charge in [-0.05, 0) is 49.8 Å². The zero-order chi connectivity index (χ0) is 19.7. The van der Waals surface area contributed by atoms with E-state index in [2.05, 4.69) is 41.9 Å². The quantitative estimate of drug-likeness (QED) is 0.475. The van der Waals surface area contributed by atoms with Crippen molar-refractivity contribution in [1.82, 2.24) is 0 Å². The van der Waals surface area contributed by atoms with Crippen LogP contribution < -0.4 is 14.6 Å². The Labute approximate surface area is 162 Å². The fraction of sp³-hybridized carbons (Fsp3) is 0.227. The van der Waals surface area contributed by atoms with Crippen LogP contribution in [0.15, 0.2) is 54.7 Å². The number of likely N-dealkylation sites (N-methyl/N-ethyl adjacent to an activating group) is 1. The van der Waals surface area contributed by atoms with Crippen molar-refractivity contribution in [2.75, 3.05) is 11.9 Å². The lowest BCUT2D eigenvalue weighted by Gasteiger charge is -2.45. The van der Waals surface area contributed by atoms with Crippen LogP contribution >= 0.6 is 0 Å². The molecule has 1 aromatic heterocycles.